The summed E-state index contributed by atoms with van der Waals surface area (Å²) in [6.45, 7) is 4.08. The van der Waals surface area contributed by atoms with Crippen LogP contribution in [-0.4, -0.2) is 18.5 Å². The number of hydrogen-bond donors (Lipinski definition) is 1. The van der Waals surface area contributed by atoms with Gasteiger partial charge in [-0.1, -0.05) is 62.4 Å². The summed E-state index contributed by atoms with van der Waals surface area (Å²) >= 11 is 0. The highest BCUT2D eigenvalue weighted by atomic mass is 16.5. The van der Waals surface area contributed by atoms with Crippen LogP contribution >= 0.6 is 0 Å². The van der Waals surface area contributed by atoms with Crippen molar-refractivity contribution < 1.29 is 19.1 Å². The van der Waals surface area contributed by atoms with Gasteiger partial charge >= 0.3 is 5.97 Å². The molecule has 0 atom stereocenters. The molecule has 30 heavy (non-hydrogen) atoms. The van der Waals surface area contributed by atoms with Crippen LogP contribution in [0, 0.1) is 0 Å². The van der Waals surface area contributed by atoms with Gasteiger partial charge in [0, 0.05) is 11.3 Å². The Balaban J connectivity index is 1.54. The molecule has 5 heteroatoms. The smallest absolute Gasteiger partial charge is 0.339 e. The van der Waals surface area contributed by atoms with Gasteiger partial charge in [-0.2, -0.15) is 0 Å². The summed E-state index contributed by atoms with van der Waals surface area (Å²) in [6, 6.07) is 24.0. The lowest BCUT2D eigenvalue weighted by Gasteiger charge is -2.11. The third-order valence-electron chi connectivity index (χ3n) is 4.57. The van der Waals surface area contributed by atoms with E-state index in [9.17, 15) is 9.59 Å². The number of anilines is 1. The van der Waals surface area contributed by atoms with Crippen molar-refractivity contribution in [3.63, 3.8) is 0 Å². The zero-order chi connectivity index (χ0) is 21.3. The summed E-state index contributed by atoms with van der Waals surface area (Å²) in [5, 5.41) is 2.74. The number of hydrogen-bond acceptors (Lipinski definition) is 4. The van der Waals surface area contributed by atoms with Crippen LogP contribution in [0.5, 0.6) is 5.75 Å². The van der Waals surface area contributed by atoms with Gasteiger partial charge in [0.2, 0.25) is 0 Å². The molecule has 3 rings (SSSR count). The molecular formula is C25H25NO4. The fourth-order valence-corrected chi connectivity index (χ4v) is 2.88. The standard InChI is InChI=1S/C25H25NO4/c1-18(2)19-12-14-21(15-13-19)26-24(27)17-30-25(28)23-11-7-6-8-20(23)16-29-22-9-4-3-5-10-22/h3-15,18H,16-17H2,1-2H3,(H,26,27). The summed E-state index contributed by atoms with van der Waals surface area (Å²) in [4.78, 5) is 24.6. The molecular weight excluding hydrogens is 378 g/mol. The van der Waals surface area contributed by atoms with Gasteiger partial charge in [-0.15, -0.1) is 0 Å². The van der Waals surface area contributed by atoms with Crippen molar-refractivity contribution in [2.24, 2.45) is 0 Å². The first-order chi connectivity index (χ1) is 14.5. The molecule has 0 aliphatic heterocycles. The molecule has 1 amide bonds. The van der Waals surface area contributed by atoms with Gasteiger partial charge < -0.3 is 14.8 Å². The number of nitrogens with one attached hydrogen (secondary N) is 1. The van der Waals surface area contributed by atoms with E-state index in [2.05, 4.69) is 19.2 Å². The average molecular weight is 403 g/mol. The minimum Gasteiger partial charge on any atom is -0.489 e. The Morgan fingerprint density at radius 2 is 1.53 bits per heavy atom. The van der Waals surface area contributed by atoms with Crippen LogP contribution in [0.25, 0.3) is 0 Å². The molecule has 0 bridgehead atoms. The molecule has 0 saturated heterocycles. The maximum atomic E-state index is 12.5. The molecule has 3 aromatic carbocycles. The SMILES string of the molecule is CC(C)c1ccc(NC(=O)COC(=O)c2ccccc2COc2ccccc2)cc1. The largest absolute Gasteiger partial charge is 0.489 e. The topological polar surface area (TPSA) is 64.6 Å². The van der Waals surface area contributed by atoms with Crippen LogP contribution in [0.4, 0.5) is 5.69 Å². The van der Waals surface area contributed by atoms with Crippen molar-refractivity contribution in [3.05, 3.63) is 95.6 Å². The molecule has 3 aromatic rings. The molecule has 0 heterocycles. The first-order valence-electron chi connectivity index (χ1n) is 9.85. The molecule has 0 fully saturated rings. The molecule has 154 valence electrons. The van der Waals surface area contributed by atoms with Crippen molar-refractivity contribution >= 4 is 17.6 Å². The minimum atomic E-state index is -0.562. The van der Waals surface area contributed by atoms with Crippen LogP contribution in [0.3, 0.4) is 0 Å². The Labute approximate surface area is 176 Å². The van der Waals surface area contributed by atoms with E-state index < -0.39 is 11.9 Å². The van der Waals surface area contributed by atoms with Crippen molar-refractivity contribution in [2.75, 3.05) is 11.9 Å². The number of esters is 1. The molecule has 0 saturated carbocycles. The highest BCUT2D eigenvalue weighted by Crippen LogP contribution is 2.18. The molecule has 1 N–H and O–H groups in total. The van der Waals surface area contributed by atoms with E-state index in [1.165, 1.54) is 5.56 Å². The van der Waals surface area contributed by atoms with Crippen LogP contribution in [-0.2, 0) is 16.1 Å². The van der Waals surface area contributed by atoms with E-state index >= 15 is 0 Å². The zero-order valence-electron chi connectivity index (χ0n) is 17.1. The number of para-hydroxylation sites is 1. The molecule has 0 aliphatic rings. The third kappa shape index (κ3) is 5.95. The Morgan fingerprint density at radius 3 is 2.23 bits per heavy atom. The van der Waals surface area contributed by atoms with E-state index in [0.29, 0.717) is 28.5 Å². The molecule has 5 nitrogen and oxygen atoms in total. The van der Waals surface area contributed by atoms with Crippen LogP contribution in [0.2, 0.25) is 0 Å². The van der Waals surface area contributed by atoms with Crippen LogP contribution in [0.15, 0.2) is 78.9 Å². The number of rotatable bonds is 8. The lowest BCUT2D eigenvalue weighted by Crippen LogP contribution is -2.21. The zero-order valence-corrected chi connectivity index (χ0v) is 17.1. The molecule has 0 unspecified atom stereocenters. The van der Waals surface area contributed by atoms with E-state index in [1.54, 1.807) is 18.2 Å². The maximum Gasteiger partial charge on any atom is 0.339 e. The maximum absolute atomic E-state index is 12.5. The van der Waals surface area contributed by atoms with Gasteiger partial charge in [0.1, 0.15) is 12.4 Å². The van der Waals surface area contributed by atoms with Crippen molar-refractivity contribution in [3.8, 4) is 5.75 Å². The lowest BCUT2D eigenvalue weighted by atomic mass is 10.0. The van der Waals surface area contributed by atoms with Gasteiger partial charge in [0.25, 0.3) is 5.91 Å². The quantitative estimate of drug-likeness (QED) is 0.526. The Morgan fingerprint density at radius 1 is 0.867 bits per heavy atom. The molecule has 0 aromatic heterocycles. The van der Waals surface area contributed by atoms with Crippen LogP contribution < -0.4 is 10.1 Å². The summed E-state index contributed by atoms with van der Waals surface area (Å²) in [5.74, 6) is 0.177. The predicted molar refractivity (Wildman–Crippen MR) is 117 cm³/mol. The summed E-state index contributed by atoms with van der Waals surface area (Å²) in [7, 11) is 0. The van der Waals surface area contributed by atoms with E-state index in [4.69, 9.17) is 9.47 Å². The first-order valence-corrected chi connectivity index (χ1v) is 9.85. The second-order valence-corrected chi connectivity index (χ2v) is 7.16. The van der Waals surface area contributed by atoms with Gasteiger partial charge in [-0.05, 0) is 41.8 Å². The number of benzene rings is 3. The monoisotopic (exact) mass is 403 g/mol. The fourth-order valence-electron chi connectivity index (χ4n) is 2.88. The molecule has 0 radical (unpaired) electrons. The van der Waals surface area contributed by atoms with E-state index in [1.807, 2.05) is 60.7 Å². The normalized spacial score (nSPS) is 10.5. The Kier molecular flexibility index (Phi) is 7.22. The predicted octanol–water partition coefficient (Wildman–Crippen LogP) is 5.18. The summed E-state index contributed by atoms with van der Waals surface area (Å²) < 4.78 is 10.9. The highest BCUT2D eigenvalue weighted by Gasteiger charge is 2.15. The number of ether oxygens (including phenoxy) is 2. The minimum absolute atomic E-state index is 0.226. The Hall–Kier alpha value is -3.60. The number of carbonyl (C=O) groups is 2. The average Bonchev–Trinajstić information content (AvgIpc) is 2.77. The van der Waals surface area contributed by atoms with Crippen molar-refractivity contribution in [1.29, 1.82) is 0 Å². The summed E-state index contributed by atoms with van der Waals surface area (Å²) in [6.07, 6.45) is 0. The van der Waals surface area contributed by atoms with Gasteiger partial charge in [0.15, 0.2) is 6.61 Å². The molecule has 0 spiro atoms. The van der Waals surface area contributed by atoms with Gasteiger partial charge in [-0.25, -0.2) is 4.79 Å². The third-order valence-corrected chi connectivity index (χ3v) is 4.57. The van der Waals surface area contributed by atoms with Gasteiger partial charge in [-0.3, -0.25) is 4.79 Å². The number of amides is 1. The van der Waals surface area contributed by atoms with Crippen molar-refractivity contribution in [2.45, 2.75) is 26.4 Å². The first kappa shape index (κ1) is 21.1. The second kappa shape index (κ2) is 10.3. The van der Waals surface area contributed by atoms with E-state index in [0.717, 1.165) is 0 Å². The van der Waals surface area contributed by atoms with Crippen molar-refractivity contribution in [1.82, 2.24) is 0 Å². The number of carbonyl (C=O) groups excluding carboxylic acids is 2. The molecule has 0 aliphatic carbocycles. The Bertz CT molecular complexity index is 982. The fraction of sp³-hybridized carbons (Fsp3) is 0.200. The highest BCUT2D eigenvalue weighted by molar-refractivity contribution is 5.96. The van der Waals surface area contributed by atoms with Crippen LogP contribution in [0.1, 0.15) is 41.3 Å². The van der Waals surface area contributed by atoms with Gasteiger partial charge in [0.05, 0.1) is 5.56 Å². The summed E-state index contributed by atoms with van der Waals surface area (Å²) in [5.41, 5.74) is 2.92. The lowest BCUT2D eigenvalue weighted by molar-refractivity contribution is -0.119. The second-order valence-electron chi connectivity index (χ2n) is 7.16. The van der Waals surface area contributed by atoms with E-state index in [-0.39, 0.29) is 13.2 Å².